The molecule has 110 valence electrons. The van der Waals surface area contributed by atoms with Gasteiger partial charge in [0.2, 0.25) is 0 Å². The summed E-state index contributed by atoms with van der Waals surface area (Å²) < 4.78 is 0. The molecule has 1 aliphatic rings. The fourth-order valence-corrected chi connectivity index (χ4v) is 3.51. The van der Waals surface area contributed by atoms with E-state index in [1.165, 1.54) is 6.07 Å². The van der Waals surface area contributed by atoms with Crippen molar-refractivity contribution in [3.63, 3.8) is 0 Å². The zero-order valence-electron chi connectivity index (χ0n) is 11.6. The summed E-state index contributed by atoms with van der Waals surface area (Å²) in [6, 6.07) is 6.59. The van der Waals surface area contributed by atoms with Crippen LogP contribution in [0.4, 0.5) is 5.69 Å². The Morgan fingerprint density at radius 2 is 2.38 bits per heavy atom. The molecule has 21 heavy (non-hydrogen) atoms. The topological polar surface area (TPSA) is 96.0 Å². The molecule has 7 heteroatoms. The first-order valence-corrected chi connectivity index (χ1v) is 7.75. The summed E-state index contributed by atoms with van der Waals surface area (Å²) in [5.74, 6) is 0.928. The average molecular weight is 305 g/mol. The Labute approximate surface area is 126 Å². The second-order valence-corrected chi connectivity index (χ2v) is 6.01. The summed E-state index contributed by atoms with van der Waals surface area (Å²) in [5.41, 5.74) is -0.120. The van der Waals surface area contributed by atoms with Gasteiger partial charge in [0, 0.05) is 22.9 Å². The molecular formula is C14H15N3O3S. The summed E-state index contributed by atoms with van der Waals surface area (Å²) in [7, 11) is 0. The molecule has 1 fully saturated rings. The molecule has 0 saturated carbocycles. The Morgan fingerprint density at radius 3 is 2.90 bits per heavy atom. The van der Waals surface area contributed by atoms with Crippen LogP contribution in [-0.4, -0.2) is 27.9 Å². The Hall–Kier alpha value is -2.07. The fraction of sp³-hybridized carbons (Fsp3) is 0.429. The predicted molar refractivity (Wildman–Crippen MR) is 80.2 cm³/mol. The molecule has 2 rings (SSSR count). The van der Waals surface area contributed by atoms with E-state index in [-0.39, 0.29) is 11.3 Å². The Balaban J connectivity index is 2.26. The molecule has 1 aliphatic heterocycles. The second-order valence-electron chi connectivity index (χ2n) is 4.90. The highest BCUT2D eigenvalue weighted by atomic mass is 32.2. The third-order valence-corrected chi connectivity index (χ3v) is 4.70. The van der Waals surface area contributed by atoms with Crippen molar-refractivity contribution >= 4 is 23.4 Å². The van der Waals surface area contributed by atoms with E-state index in [0.29, 0.717) is 24.2 Å². The lowest BCUT2D eigenvalue weighted by atomic mass is 10.00. The van der Waals surface area contributed by atoms with Gasteiger partial charge in [-0.05, 0) is 24.7 Å². The van der Waals surface area contributed by atoms with Crippen LogP contribution < -0.4 is 5.32 Å². The number of nitro benzene ring substituents is 1. The lowest BCUT2D eigenvalue weighted by Gasteiger charge is -2.21. The van der Waals surface area contributed by atoms with Gasteiger partial charge in [0.25, 0.3) is 11.6 Å². The second kappa shape index (κ2) is 6.14. The van der Waals surface area contributed by atoms with Crippen LogP contribution in [0.25, 0.3) is 0 Å². The highest BCUT2D eigenvalue weighted by Crippen LogP contribution is 2.28. The van der Waals surface area contributed by atoms with Crippen molar-refractivity contribution < 1.29 is 9.72 Å². The number of aryl methyl sites for hydroxylation is 1. The number of carbonyl (C=O) groups is 1. The number of nitrogens with zero attached hydrogens (tertiary/aromatic N) is 2. The number of nitro groups is 1. The molecule has 1 saturated heterocycles. The first-order valence-electron chi connectivity index (χ1n) is 6.60. The summed E-state index contributed by atoms with van der Waals surface area (Å²) >= 11 is 1.61. The van der Waals surface area contributed by atoms with Gasteiger partial charge < -0.3 is 5.32 Å². The van der Waals surface area contributed by atoms with Gasteiger partial charge in [0.05, 0.1) is 11.0 Å². The van der Waals surface area contributed by atoms with Gasteiger partial charge in [-0.15, -0.1) is 0 Å². The van der Waals surface area contributed by atoms with Gasteiger partial charge >= 0.3 is 0 Å². The Bertz CT molecular complexity index is 618. The van der Waals surface area contributed by atoms with Crippen molar-refractivity contribution in [3.8, 4) is 6.07 Å². The number of nitriles is 1. The van der Waals surface area contributed by atoms with Crippen molar-refractivity contribution in [1.82, 2.24) is 5.32 Å². The van der Waals surface area contributed by atoms with Gasteiger partial charge in [0.15, 0.2) is 0 Å². The first kappa shape index (κ1) is 15.3. The van der Waals surface area contributed by atoms with Crippen molar-refractivity contribution in [2.24, 2.45) is 0 Å². The number of benzene rings is 1. The Morgan fingerprint density at radius 1 is 1.62 bits per heavy atom. The van der Waals surface area contributed by atoms with Crippen LogP contribution in [0.1, 0.15) is 29.3 Å². The number of nitrogens with one attached hydrogen (secondary N) is 1. The molecule has 1 amide bonds. The van der Waals surface area contributed by atoms with Crippen molar-refractivity contribution in [1.29, 1.82) is 5.26 Å². The van der Waals surface area contributed by atoms with Crippen LogP contribution in [0.3, 0.4) is 0 Å². The van der Waals surface area contributed by atoms with Crippen molar-refractivity contribution in [2.45, 2.75) is 25.3 Å². The molecule has 0 bridgehead atoms. The molecule has 0 radical (unpaired) electrons. The number of rotatable bonds is 4. The SMILES string of the molecule is CCc1ccc(C(=O)NC2(C#N)CCSC2)cc1[N+](=O)[O-]. The van der Waals surface area contributed by atoms with Crippen molar-refractivity contribution in [2.75, 3.05) is 11.5 Å². The van der Waals surface area contributed by atoms with E-state index < -0.39 is 16.4 Å². The van der Waals surface area contributed by atoms with E-state index in [1.807, 2.05) is 6.92 Å². The van der Waals surface area contributed by atoms with Crippen LogP contribution in [0.5, 0.6) is 0 Å². The minimum Gasteiger partial charge on any atom is -0.333 e. The van der Waals surface area contributed by atoms with Crippen LogP contribution >= 0.6 is 11.8 Å². The maximum Gasteiger partial charge on any atom is 0.273 e. The normalized spacial score (nSPS) is 20.8. The monoisotopic (exact) mass is 305 g/mol. The molecule has 0 aromatic heterocycles. The average Bonchev–Trinajstić information content (AvgIpc) is 2.95. The molecule has 1 aromatic carbocycles. The third kappa shape index (κ3) is 3.16. The van der Waals surface area contributed by atoms with Gasteiger partial charge in [-0.2, -0.15) is 17.0 Å². The van der Waals surface area contributed by atoms with E-state index in [1.54, 1.807) is 23.9 Å². The molecule has 1 unspecified atom stereocenters. The number of hydrogen-bond donors (Lipinski definition) is 1. The summed E-state index contributed by atoms with van der Waals surface area (Å²) in [6.45, 7) is 1.82. The summed E-state index contributed by atoms with van der Waals surface area (Å²) in [6.07, 6.45) is 1.12. The van der Waals surface area contributed by atoms with Crippen LogP contribution in [0.2, 0.25) is 0 Å². The van der Waals surface area contributed by atoms with E-state index in [2.05, 4.69) is 11.4 Å². The fourth-order valence-electron chi connectivity index (χ4n) is 2.24. The zero-order chi connectivity index (χ0) is 15.5. The maximum absolute atomic E-state index is 12.2. The largest absolute Gasteiger partial charge is 0.333 e. The third-order valence-electron chi connectivity index (χ3n) is 3.51. The minimum absolute atomic E-state index is 0.0584. The number of amides is 1. The molecule has 1 aromatic rings. The van der Waals surface area contributed by atoms with Crippen molar-refractivity contribution in [3.05, 3.63) is 39.4 Å². The number of carbonyl (C=O) groups excluding carboxylic acids is 1. The highest BCUT2D eigenvalue weighted by Gasteiger charge is 2.36. The van der Waals surface area contributed by atoms with Crippen LogP contribution in [-0.2, 0) is 6.42 Å². The summed E-state index contributed by atoms with van der Waals surface area (Å²) in [4.78, 5) is 22.8. The lowest BCUT2D eigenvalue weighted by molar-refractivity contribution is -0.385. The molecule has 1 N–H and O–H groups in total. The molecule has 0 aliphatic carbocycles. The van der Waals surface area contributed by atoms with Gasteiger partial charge in [-0.25, -0.2) is 0 Å². The minimum atomic E-state index is -0.861. The van der Waals surface area contributed by atoms with E-state index in [9.17, 15) is 20.2 Å². The molecule has 1 atom stereocenters. The molecule has 6 nitrogen and oxygen atoms in total. The molecular weight excluding hydrogens is 290 g/mol. The standard InChI is InChI=1S/C14H15N3O3S/c1-2-10-3-4-11(7-12(10)17(19)20)13(18)16-14(8-15)5-6-21-9-14/h3-4,7H,2,5-6,9H2,1H3,(H,16,18). The van der Waals surface area contributed by atoms with Crippen LogP contribution in [0, 0.1) is 21.4 Å². The van der Waals surface area contributed by atoms with Gasteiger partial charge in [0.1, 0.15) is 5.54 Å². The molecule has 1 heterocycles. The molecule has 0 spiro atoms. The van der Waals surface area contributed by atoms with Crippen LogP contribution in [0.15, 0.2) is 18.2 Å². The van der Waals surface area contributed by atoms with Gasteiger partial charge in [-0.1, -0.05) is 13.0 Å². The van der Waals surface area contributed by atoms with E-state index >= 15 is 0 Å². The quantitative estimate of drug-likeness (QED) is 0.680. The predicted octanol–water partition coefficient (Wildman–Crippen LogP) is 2.29. The lowest BCUT2D eigenvalue weighted by Crippen LogP contribution is -2.47. The number of thioether (sulfide) groups is 1. The maximum atomic E-state index is 12.2. The summed E-state index contributed by atoms with van der Waals surface area (Å²) in [5, 5.41) is 23.0. The van der Waals surface area contributed by atoms with E-state index in [0.717, 1.165) is 5.75 Å². The Kier molecular flexibility index (Phi) is 4.48. The number of hydrogen-bond acceptors (Lipinski definition) is 5. The smallest absolute Gasteiger partial charge is 0.273 e. The highest BCUT2D eigenvalue weighted by molar-refractivity contribution is 7.99. The zero-order valence-corrected chi connectivity index (χ0v) is 12.4. The first-order chi connectivity index (χ1) is 10.0. The van der Waals surface area contributed by atoms with E-state index in [4.69, 9.17) is 0 Å². The van der Waals surface area contributed by atoms with Gasteiger partial charge in [-0.3, -0.25) is 14.9 Å².